The van der Waals surface area contributed by atoms with Crippen LogP contribution in [0.25, 0.3) is 0 Å². The van der Waals surface area contributed by atoms with Crippen LogP contribution in [0.1, 0.15) is 51.4 Å². The maximum atomic E-state index is 6.63. The van der Waals surface area contributed by atoms with Gasteiger partial charge < -0.3 is 19.9 Å². The number of aromatic nitrogens is 2. The molecule has 0 saturated carbocycles. The molecule has 0 spiro atoms. The van der Waals surface area contributed by atoms with E-state index in [1.807, 2.05) is 11.6 Å². The predicted octanol–water partition coefficient (Wildman–Crippen LogP) is 2.06. The van der Waals surface area contributed by atoms with Crippen molar-refractivity contribution in [1.29, 1.82) is 0 Å². The fourth-order valence-electron chi connectivity index (χ4n) is 3.02. The minimum absolute atomic E-state index is 0.216. The molecule has 0 radical (unpaired) electrons. The molecule has 6 nitrogen and oxygen atoms in total. The normalized spacial score (nSPS) is 19.7. The van der Waals surface area contributed by atoms with Gasteiger partial charge >= 0.3 is 0 Å². The van der Waals surface area contributed by atoms with Gasteiger partial charge in [-0.25, -0.2) is 0 Å². The summed E-state index contributed by atoms with van der Waals surface area (Å²) < 4.78 is 19.0. The number of hydrogen-bond acceptors (Lipinski definition) is 5. The van der Waals surface area contributed by atoms with Crippen LogP contribution in [0.15, 0.2) is 6.20 Å². The SMILES string of the molecule is CCOC1(C(N)c2c(OC)cnn2C(C)C)CCOCC1. The molecule has 1 atom stereocenters. The average molecular weight is 297 g/mol. The van der Waals surface area contributed by atoms with Gasteiger partial charge in [-0.2, -0.15) is 5.10 Å². The Hall–Kier alpha value is -1.11. The molecule has 0 bridgehead atoms. The van der Waals surface area contributed by atoms with Gasteiger partial charge in [0.15, 0.2) is 5.75 Å². The molecule has 120 valence electrons. The molecule has 1 aliphatic rings. The first-order chi connectivity index (χ1) is 10.1. The van der Waals surface area contributed by atoms with Crippen LogP contribution >= 0.6 is 0 Å². The summed E-state index contributed by atoms with van der Waals surface area (Å²) in [5.74, 6) is 0.724. The van der Waals surface area contributed by atoms with E-state index in [0.29, 0.717) is 19.8 Å². The van der Waals surface area contributed by atoms with Crippen LogP contribution in [0, 0.1) is 0 Å². The van der Waals surface area contributed by atoms with Gasteiger partial charge in [-0.15, -0.1) is 0 Å². The molecule has 0 amide bonds. The van der Waals surface area contributed by atoms with Gasteiger partial charge in [0.05, 0.1) is 24.9 Å². The standard InChI is InChI=1S/C15H27N3O3/c1-5-21-15(6-8-20-9-7-15)14(16)13-12(19-4)10-17-18(13)11(2)3/h10-11,14H,5-9,16H2,1-4H3. The van der Waals surface area contributed by atoms with E-state index < -0.39 is 5.60 Å². The van der Waals surface area contributed by atoms with Crippen LogP contribution in [0.5, 0.6) is 5.75 Å². The smallest absolute Gasteiger partial charge is 0.161 e. The summed E-state index contributed by atoms with van der Waals surface area (Å²) >= 11 is 0. The Balaban J connectivity index is 2.40. The molecule has 2 rings (SSSR count). The topological polar surface area (TPSA) is 71.5 Å². The summed E-state index contributed by atoms with van der Waals surface area (Å²) in [5, 5.41) is 4.42. The lowest BCUT2D eigenvalue weighted by atomic mass is 9.84. The highest BCUT2D eigenvalue weighted by Gasteiger charge is 2.43. The van der Waals surface area contributed by atoms with E-state index in [2.05, 4.69) is 18.9 Å². The largest absolute Gasteiger partial charge is 0.493 e. The van der Waals surface area contributed by atoms with Crippen molar-refractivity contribution in [3.63, 3.8) is 0 Å². The van der Waals surface area contributed by atoms with Crippen molar-refractivity contribution in [2.45, 2.75) is 51.3 Å². The van der Waals surface area contributed by atoms with Crippen molar-refractivity contribution >= 4 is 0 Å². The third-order valence-electron chi connectivity index (χ3n) is 4.14. The Labute approximate surface area is 126 Å². The summed E-state index contributed by atoms with van der Waals surface area (Å²) in [7, 11) is 1.65. The van der Waals surface area contributed by atoms with Crippen molar-refractivity contribution in [3.8, 4) is 5.75 Å². The number of ether oxygens (including phenoxy) is 3. The Morgan fingerprint density at radius 2 is 2.10 bits per heavy atom. The van der Waals surface area contributed by atoms with E-state index in [0.717, 1.165) is 24.3 Å². The van der Waals surface area contributed by atoms with Crippen LogP contribution in [0.3, 0.4) is 0 Å². The second-order valence-electron chi connectivity index (χ2n) is 5.72. The lowest BCUT2D eigenvalue weighted by Crippen LogP contribution is -2.49. The molecule has 1 fully saturated rings. The molecule has 2 N–H and O–H groups in total. The Morgan fingerprint density at radius 3 is 2.62 bits per heavy atom. The zero-order valence-electron chi connectivity index (χ0n) is 13.5. The summed E-state index contributed by atoms with van der Waals surface area (Å²) in [4.78, 5) is 0. The van der Waals surface area contributed by atoms with E-state index in [-0.39, 0.29) is 12.1 Å². The molecule has 0 aromatic carbocycles. The van der Waals surface area contributed by atoms with Crippen LogP contribution in [0.4, 0.5) is 0 Å². The third-order valence-corrected chi connectivity index (χ3v) is 4.14. The zero-order chi connectivity index (χ0) is 15.5. The zero-order valence-corrected chi connectivity index (χ0v) is 13.5. The minimum Gasteiger partial charge on any atom is -0.493 e. The van der Waals surface area contributed by atoms with E-state index in [1.165, 1.54) is 0 Å². The van der Waals surface area contributed by atoms with E-state index in [9.17, 15) is 0 Å². The second kappa shape index (κ2) is 6.77. The van der Waals surface area contributed by atoms with E-state index >= 15 is 0 Å². The molecule has 1 saturated heterocycles. The quantitative estimate of drug-likeness (QED) is 0.870. The molecular weight excluding hydrogens is 270 g/mol. The highest BCUT2D eigenvalue weighted by Crippen LogP contribution is 2.40. The molecule has 1 aliphatic heterocycles. The van der Waals surface area contributed by atoms with Crippen molar-refractivity contribution < 1.29 is 14.2 Å². The van der Waals surface area contributed by atoms with Gasteiger partial charge in [-0.1, -0.05) is 0 Å². The number of rotatable bonds is 6. The minimum atomic E-state index is -0.410. The van der Waals surface area contributed by atoms with Crippen molar-refractivity contribution in [3.05, 3.63) is 11.9 Å². The Morgan fingerprint density at radius 1 is 1.43 bits per heavy atom. The third kappa shape index (κ3) is 3.07. The highest BCUT2D eigenvalue weighted by molar-refractivity contribution is 5.31. The molecule has 0 aliphatic carbocycles. The Kier molecular flexibility index (Phi) is 5.24. The van der Waals surface area contributed by atoms with Gasteiger partial charge in [-0.3, -0.25) is 4.68 Å². The second-order valence-corrected chi connectivity index (χ2v) is 5.72. The molecule has 6 heteroatoms. The summed E-state index contributed by atoms with van der Waals surface area (Å²) in [6, 6.07) is -0.0744. The first kappa shape index (κ1) is 16.3. The summed E-state index contributed by atoms with van der Waals surface area (Å²) in [6.07, 6.45) is 3.30. The molecule has 2 heterocycles. The summed E-state index contributed by atoms with van der Waals surface area (Å²) in [5.41, 5.74) is 7.12. The molecule has 1 aromatic heterocycles. The molecule has 21 heavy (non-hydrogen) atoms. The summed E-state index contributed by atoms with van der Waals surface area (Å²) in [6.45, 7) is 8.14. The number of nitrogens with zero attached hydrogens (tertiary/aromatic N) is 2. The first-order valence-electron chi connectivity index (χ1n) is 7.64. The molecule has 1 unspecified atom stereocenters. The van der Waals surface area contributed by atoms with E-state index in [1.54, 1.807) is 13.3 Å². The van der Waals surface area contributed by atoms with Crippen molar-refractivity contribution in [2.24, 2.45) is 5.73 Å². The number of hydrogen-bond donors (Lipinski definition) is 1. The molecular formula is C15H27N3O3. The maximum absolute atomic E-state index is 6.63. The van der Waals surface area contributed by atoms with Crippen LogP contribution in [-0.4, -0.2) is 42.3 Å². The van der Waals surface area contributed by atoms with Crippen LogP contribution in [0.2, 0.25) is 0 Å². The Bertz CT molecular complexity index is 448. The monoisotopic (exact) mass is 297 g/mol. The van der Waals surface area contributed by atoms with Crippen LogP contribution < -0.4 is 10.5 Å². The number of methoxy groups -OCH3 is 1. The van der Waals surface area contributed by atoms with Gasteiger partial charge in [-0.05, 0) is 20.8 Å². The lowest BCUT2D eigenvalue weighted by Gasteiger charge is -2.41. The first-order valence-corrected chi connectivity index (χ1v) is 7.64. The lowest BCUT2D eigenvalue weighted by molar-refractivity contribution is -0.123. The van der Waals surface area contributed by atoms with Crippen molar-refractivity contribution in [2.75, 3.05) is 26.9 Å². The van der Waals surface area contributed by atoms with Gasteiger partial charge in [0.25, 0.3) is 0 Å². The van der Waals surface area contributed by atoms with Gasteiger partial charge in [0.2, 0.25) is 0 Å². The van der Waals surface area contributed by atoms with Crippen molar-refractivity contribution in [1.82, 2.24) is 9.78 Å². The number of nitrogens with two attached hydrogens (primary N) is 1. The average Bonchev–Trinajstić information content (AvgIpc) is 2.91. The maximum Gasteiger partial charge on any atom is 0.161 e. The predicted molar refractivity (Wildman–Crippen MR) is 80.5 cm³/mol. The van der Waals surface area contributed by atoms with Gasteiger partial charge in [0, 0.05) is 38.7 Å². The van der Waals surface area contributed by atoms with E-state index in [4.69, 9.17) is 19.9 Å². The fourth-order valence-corrected chi connectivity index (χ4v) is 3.02. The van der Waals surface area contributed by atoms with Gasteiger partial charge in [0.1, 0.15) is 5.69 Å². The molecule has 1 aromatic rings. The highest BCUT2D eigenvalue weighted by atomic mass is 16.5. The van der Waals surface area contributed by atoms with Crippen LogP contribution in [-0.2, 0) is 9.47 Å². The fraction of sp³-hybridized carbons (Fsp3) is 0.800.